The van der Waals surface area contributed by atoms with Crippen molar-refractivity contribution in [2.75, 3.05) is 128 Å². The number of Topliss-reactive ketones (excluding diaryl/α,β-unsaturated/α-hetero) is 1. The molecule has 0 unspecified atom stereocenters. The van der Waals surface area contributed by atoms with Gasteiger partial charge in [0, 0.05) is 146 Å². The number of ether oxygens (including phenoxy) is 6. The van der Waals surface area contributed by atoms with E-state index in [9.17, 15) is 59.9 Å². The van der Waals surface area contributed by atoms with E-state index in [0.29, 0.717) is 125 Å². The summed E-state index contributed by atoms with van der Waals surface area (Å²) in [5, 5.41) is 14.5. The number of aliphatic carboxylic acids is 1. The molecule has 1 saturated carbocycles. The molecule has 33 nitrogen and oxygen atoms in total. The van der Waals surface area contributed by atoms with E-state index in [4.69, 9.17) is 39.3 Å². The third-order valence-electron chi connectivity index (χ3n) is 20.1. The second-order valence-electron chi connectivity index (χ2n) is 33.7. The summed E-state index contributed by atoms with van der Waals surface area (Å²) in [4.78, 5) is 130. The van der Waals surface area contributed by atoms with Crippen molar-refractivity contribution in [2.45, 2.75) is 247 Å². The predicted molar refractivity (Wildman–Crippen MR) is 455 cm³/mol. The molecule has 5 amide bonds. The average Bonchev–Trinajstić information content (AvgIpc) is 0.799. The standard InChI is InChI=1S/C22H31N5O2.C14H15F3N4O4S.C13H24N2O3.C12H21NO4.C11H19NO4.C9H17NO.C2H7N.ClH/c1-3-4-20(28)17-6-11-26(12-7-17)14-18-15-27(13-16(2)29-18)19-5-8-24-22-21(19)23-9-10-25-22;1-9-6-21(11-2-3-19-13-12(11)18-4-5-20-13)7-10(25-9)8-24-26(22,23)14(15,16)17;1-5-14-11(16)10-6-8-15(9-7-10)12(17)18-13(2,3)4;1-12(2,3)17-11(15)13-7-5-9(6-8-13)10(14)16-4;1-11(2,3)16-10(15)12-6-4-8(5-7-12)9(13)14;1-2-10-9(11)8-6-4-3-5-7-8;1-2-3;/h5,8-10,16-18H,3-4,6-7,11-15H2,1-2H3;2-5,9-10H,6-8H2,1H3;10H,5-9H2,1-4H3,(H,14,16);9H,5-8H2,1-4H3;8H,4-7H2,1-3H3,(H,13,14);8H,2-7H2,1H3,(H,10,11);2-3H2,1H3;1H/t16-,18+;9-,10-;;;;;;/m11....../s1. The molecule has 6 saturated heterocycles. The smallest absolute Gasteiger partial charge is 0.481 e. The molecular formula is C83H135ClF3N15O18S. The Morgan fingerprint density at radius 1 is 0.521 bits per heavy atom. The summed E-state index contributed by atoms with van der Waals surface area (Å²) in [6.07, 6.45) is 21.3. The second kappa shape index (κ2) is 51.1. The number of anilines is 2. The number of esters is 1. The predicted octanol–water partition coefficient (Wildman–Crippen LogP) is 11.6. The van der Waals surface area contributed by atoms with Crippen molar-refractivity contribution in [3.05, 3.63) is 49.3 Å². The van der Waals surface area contributed by atoms with Gasteiger partial charge in [0.1, 0.15) is 39.7 Å². The maximum atomic E-state index is 12.4. The number of methoxy groups -OCH3 is 1. The molecule has 5 N–H and O–H groups in total. The number of alkyl halides is 3. The first-order chi connectivity index (χ1) is 56.5. The number of hydrogen-bond donors (Lipinski definition) is 4. The van der Waals surface area contributed by atoms with E-state index in [2.05, 4.69) is 68.4 Å². The van der Waals surface area contributed by atoms with Crippen LogP contribution in [0.25, 0.3) is 22.3 Å². The SMILES string of the molecule is CC(C)(C)OC(=O)N1CCC(C(=O)O)CC1.CCCC(=O)C1CCN(C[C@H]2CN(c3ccnc4nccnc34)C[C@@H](C)O2)CC1.CCN.CCNC(=O)C1CCCCC1.CCNC(=O)C1CCN(C(=O)OC(C)(C)C)CC1.COC(=O)C1CCN(C(=O)OC(C)(C)C)CC1.C[C@@H]1CN(c2ccnc3nccnc23)C[C@H](COS(=O)(=O)C(F)(F)F)O1.Cl. The van der Waals surface area contributed by atoms with Gasteiger partial charge in [-0.3, -0.25) is 28.2 Å². The third kappa shape index (κ3) is 37.0. The van der Waals surface area contributed by atoms with Gasteiger partial charge in [-0.05, 0) is 192 Å². The lowest BCUT2D eigenvalue weighted by Crippen LogP contribution is -2.52. The topological polar surface area (TPSA) is 402 Å². The minimum absolute atomic E-state index is 0. The van der Waals surface area contributed by atoms with Gasteiger partial charge in [0.2, 0.25) is 11.8 Å². The number of carboxylic acid groups (broad SMARTS) is 1. The summed E-state index contributed by atoms with van der Waals surface area (Å²) < 4.78 is 95.7. The molecule has 4 aromatic heterocycles. The molecule has 0 bridgehead atoms. The molecule has 4 aromatic rings. The van der Waals surface area contributed by atoms with E-state index >= 15 is 0 Å². The summed E-state index contributed by atoms with van der Waals surface area (Å²) in [6.45, 7) is 38.0. The number of carbonyl (C=O) groups excluding carboxylic acids is 7. The Morgan fingerprint density at radius 2 is 0.884 bits per heavy atom. The number of pyridine rings is 2. The lowest BCUT2D eigenvalue weighted by atomic mass is 9.89. The number of amides is 5. The zero-order valence-corrected chi connectivity index (χ0v) is 75.4. The molecule has 1 aliphatic carbocycles. The number of morpholine rings is 2. The maximum Gasteiger partial charge on any atom is 0.523 e. The number of nitrogens with zero attached hydrogens (tertiary/aromatic N) is 12. The van der Waals surface area contributed by atoms with Crippen molar-refractivity contribution in [3.8, 4) is 0 Å². The summed E-state index contributed by atoms with van der Waals surface area (Å²) in [6, 6.07) is 3.73. The Morgan fingerprint density at radius 3 is 1.26 bits per heavy atom. The molecular weight excluding hydrogens is 1620 g/mol. The number of carbonyl (C=O) groups is 8. The lowest BCUT2D eigenvalue weighted by Gasteiger charge is -2.41. The van der Waals surface area contributed by atoms with E-state index < -0.39 is 51.1 Å². The Hall–Kier alpha value is -8.23. The molecule has 0 radical (unpaired) electrons. The van der Waals surface area contributed by atoms with Gasteiger partial charge >= 0.3 is 45.8 Å². The molecule has 4 atom stereocenters. The second-order valence-corrected chi connectivity index (χ2v) is 35.3. The molecule has 684 valence electrons. The number of halogens is 4. The fourth-order valence-electron chi connectivity index (χ4n) is 14.4. The quantitative estimate of drug-likeness (QED) is 0.0350. The molecule has 0 spiro atoms. The number of likely N-dealkylation sites (tertiary alicyclic amines) is 4. The van der Waals surface area contributed by atoms with Crippen LogP contribution in [0, 0.1) is 29.6 Å². The number of piperidine rings is 4. The van der Waals surface area contributed by atoms with Gasteiger partial charge < -0.3 is 79.3 Å². The van der Waals surface area contributed by atoms with Crippen LogP contribution < -0.4 is 26.2 Å². The highest BCUT2D eigenvalue weighted by Crippen LogP contribution is 2.32. The van der Waals surface area contributed by atoms with E-state index in [-0.39, 0.29) is 97.0 Å². The van der Waals surface area contributed by atoms with E-state index in [1.807, 2.05) is 94.1 Å². The van der Waals surface area contributed by atoms with Crippen molar-refractivity contribution in [3.63, 3.8) is 0 Å². The van der Waals surface area contributed by atoms with Gasteiger partial charge in [0.25, 0.3) is 0 Å². The van der Waals surface area contributed by atoms with Crippen LogP contribution in [0.15, 0.2) is 49.3 Å². The van der Waals surface area contributed by atoms with Crippen molar-refractivity contribution in [1.82, 2.24) is 60.1 Å². The highest BCUT2D eigenvalue weighted by atomic mass is 35.5. The first-order valence-corrected chi connectivity index (χ1v) is 43.6. The molecule has 0 aromatic carbocycles. The zero-order chi connectivity index (χ0) is 89.1. The number of rotatable bonds is 16. The fourth-order valence-corrected chi connectivity index (χ4v) is 14.9. The summed E-state index contributed by atoms with van der Waals surface area (Å²) in [7, 11) is -4.27. The van der Waals surface area contributed by atoms with E-state index in [1.165, 1.54) is 38.8 Å². The first kappa shape index (κ1) is 105. The highest BCUT2D eigenvalue weighted by Gasteiger charge is 2.48. The molecule has 11 rings (SSSR count). The zero-order valence-electron chi connectivity index (χ0n) is 73.7. The maximum absolute atomic E-state index is 12.4. The van der Waals surface area contributed by atoms with Crippen molar-refractivity contribution >= 4 is 104 Å². The van der Waals surface area contributed by atoms with Gasteiger partial charge in [0.15, 0.2) is 11.3 Å². The number of ketones is 1. The third-order valence-corrected chi connectivity index (χ3v) is 21.1. The van der Waals surface area contributed by atoms with Gasteiger partial charge in [-0.1, -0.05) is 33.1 Å². The number of hydrogen-bond acceptors (Lipinski definition) is 27. The Kier molecular flexibility index (Phi) is 44.4. The normalized spacial score (nSPS) is 20.0. The van der Waals surface area contributed by atoms with Crippen LogP contribution in [0.5, 0.6) is 0 Å². The fraction of sp³-hybridized carbons (Fsp3) is 0.735. The van der Waals surface area contributed by atoms with Crippen LogP contribution in [0.2, 0.25) is 0 Å². The van der Waals surface area contributed by atoms with Crippen molar-refractivity contribution < 1.29 is 97.7 Å². The first-order valence-electron chi connectivity index (χ1n) is 42.2. The van der Waals surface area contributed by atoms with Gasteiger partial charge in [-0.15, -0.1) is 12.4 Å². The summed E-state index contributed by atoms with van der Waals surface area (Å²) >= 11 is 0. The van der Waals surface area contributed by atoms with E-state index in [1.54, 1.807) is 52.5 Å². The van der Waals surface area contributed by atoms with Gasteiger partial charge in [-0.25, -0.2) is 44.3 Å². The average molecular weight is 1760 g/mol. The molecule has 7 fully saturated rings. The Balaban J connectivity index is 0.000000310. The van der Waals surface area contributed by atoms with Gasteiger partial charge in [0.05, 0.1) is 55.2 Å². The molecule has 6 aliphatic heterocycles. The minimum Gasteiger partial charge on any atom is -0.481 e. The van der Waals surface area contributed by atoms with Crippen molar-refractivity contribution in [2.24, 2.45) is 35.3 Å². The van der Waals surface area contributed by atoms with E-state index in [0.717, 1.165) is 95.5 Å². The number of nitrogens with one attached hydrogen (secondary N) is 2. The van der Waals surface area contributed by atoms with Crippen LogP contribution in [-0.4, -0.2) is 276 Å². The number of aromatic nitrogens is 6. The van der Waals surface area contributed by atoms with Crippen LogP contribution in [-0.2, 0) is 66.7 Å². The molecule has 10 heterocycles. The monoisotopic (exact) mass is 1750 g/mol. The molecule has 7 aliphatic rings. The number of nitrogens with two attached hydrogens (primary N) is 1. The number of carboxylic acids is 1. The van der Waals surface area contributed by atoms with Crippen LogP contribution in [0.3, 0.4) is 0 Å². The summed E-state index contributed by atoms with van der Waals surface area (Å²) in [5.74, 6) is 0.0677. The lowest BCUT2D eigenvalue weighted by molar-refractivity contribution is -0.147. The Labute approximate surface area is 718 Å². The van der Waals surface area contributed by atoms with Gasteiger partial charge in [-0.2, -0.15) is 21.6 Å². The molecule has 38 heteroatoms. The highest BCUT2D eigenvalue weighted by molar-refractivity contribution is 7.87. The van der Waals surface area contributed by atoms with Crippen LogP contribution >= 0.6 is 12.4 Å². The largest absolute Gasteiger partial charge is 0.523 e. The van der Waals surface area contributed by atoms with Crippen LogP contribution in [0.1, 0.15) is 200 Å². The number of fused-ring (bicyclic) bond motifs is 2. The minimum atomic E-state index is -5.66. The Bertz CT molecular complexity index is 3950. The summed E-state index contributed by atoms with van der Waals surface area (Å²) in [5.41, 5.74) is 2.18. The van der Waals surface area contributed by atoms with Crippen molar-refractivity contribution in [1.29, 1.82) is 0 Å². The molecule has 121 heavy (non-hydrogen) atoms. The van der Waals surface area contributed by atoms with Crippen LogP contribution in [0.4, 0.5) is 38.9 Å².